The summed E-state index contributed by atoms with van der Waals surface area (Å²) in [7, 11) is 0. The summed E-state index contributed by atoms with van der Waals surface area (Å²) in [6, 6.07) is 8.90. The summed E-state index contributed by atoms with van der Waals surface area (Å²) in [5.74, 6) is 0.528. The van der Waals surface area contributed by atoms with Crippen molar-refractivity contribution < 1.29 is 10.2 Å². The van der Waals surface area contributed by atoms with E-state index in [9.17, 15) is 10.2 Å². The highest BCUT2D eigenvalue weighted by Crippen LogP contribution is 2.31. The molecule has 0 bridgehead atoms. The molecule has 0 aromatic heterocycles. The Hall–Kier alpha value is -2.22. The topological polar surface area (TPSA) is 40.5 Å². The van der Waals surface area contributed by atoms with Crippen LogP contribution in [0.4, 0.5) is 0 Å². The molecule has 0 aliphatic carbocycles. The first-order valence-electron chi connectivity index (χ1n) is 7.70. The van der Waals surface area contributed by atoms with E-state index >= 15 is 0 Å². The van der Waals surface area contributed by atoms with Crippen LogP contribution in [-0.2, 0) is 6.42 Å². The van der Waals surface area contributed by atoms with Crippen LogP contribution in [-0.4, -0.2) is 10.2 Å². The van der Waals surface area contributed by atoms with E-state index in [1.807, 2.05) is 12.1 Å². The van der Waals surface area contributed by atoms with Gasteiger partial charge in [-0.1, -0.05) is 35.4 Å². The van der Waals surface area contributed by atoms with Crippen LogP contribution in [0.2, 0.25) is 0 Å². The quantitative estimate of drug-likeness (QED) is 0.717. The zero-order chi connectivity index (χ0) is 16.1. The monoisotopic (exact) mass is 296 g/mol. The van der Waals surface area contributed by atoms with Crippen LogP contribution in [0.15, 0.2) is 53.6 Å². The summed E-state index contributed by atoms with van der Waals surface area (Å²) in [6.45, 7) is 6.36. The molecule has 0 saturated carbocycles. The molecule has 0 aliphatic heterocycles. The first-order valence-corrected chi connectivity index (χ1v) is 7.70. The molecular formula is C20H24O2. The van der Waals surface area contributed by atoms with Crippen molar-refractivity contribution in [2.75, 3.05) is 0 Å². The van der Waals surface area contributed by atoms with Gasteiger partial charge in [-0.25, -0.2) is 0 Å². The predicted molar refractivity (Wildman–Crippen MR) is 93.4 cm³/mol. The van der Waals surface area contributed by atoms with E-state index in [1.165, 1.54) is 11.1 Å². The maximum atomic E-state index is 10.4. The van der Waals surface area contributed by atoms with Crippen LogP contribution in [0, 0.1) is 0 Å². The number of aromatic hydroxyl groups is 2. The van der Waals surface area contributed by atoms with E-state index in [4.69, 9.17) is 0 Å². The van der Waals surface area contributed by atoms with Gasteiger partial charge in [0.25, 0.3) is 0 Å². The standard InChI is InChI=1S/C20H24O2/c1-14(2)5-4-6-15(3)7-8-16-9-10-17-13-18(21)11-12-19(17)20(16)22/h5,7,9-13,21-22H,4,6,8H2,1-3H3. The molecule has 2 aromatic rings. The second-order valence-electron chi connectivity index (χ2n) is 6.05. The van der Waals surface area contributed by atoms with Crippen molar-refractivity contribution >= 4 is 10.8 Å². The third-order valence-electron chi connectivity index (χ3n) is 3.82. The van der Waals surface area contributed by atoms with Gasteiger partial charge in [-0.15, -0.1) is 0 Å². The molecule has 0 radical (unpaired) electrons. The van der Waals surface area contributed by atoms with Crippen LogP contribution in [0.3, 0.4) is 0 Å². The van der Waals surface area contributed by atoms with Crippen molar-refractivity contribution in [3.8, 4) is 11.5 Å². The van der Waals surface area contributed by atoms with Crippen molar-refractivity contribution in [1.82, 2.24) is 0 Å². The third kappa shape index (κ3) is 4.14. The van der Waals surface area contributed by atoms with E-state index in [0.717, 1.165) is 35.6 Å². The molecule has 0 spiro atoms. The van der Waals surface area contributed by atoms with Gasteiger partial charge in [-0.3, -0.25) is 0 Å². The predicted octanol–water partition coefficient (Wildman–Crippen LogP) is 5.49. The van der Waals surface area contributed by atoms with Crippen molar-refractivity contribution in [3.63, 3.8) is 0 Å². The minimum atomic E-state index is 0.217. The number of hydrogen-bond acceptors (Lipinski definition) is 2. The molecule has 2 rings (SSSR count). The van der Waals surface area contributed by atoms with Gasteiger partial charge in [-0.05, 0) is 69.2 Å². The zero-order valence-electron chi connectivity index (χ0n) is 13.6. The molecule has 0 fully saturated rings. The molecule has 2 aromatic carbocycles. The van der Waals surface area contributed by atoms with Gasteiger partial charge in [0, 0.05) is 5.39 Å². The fourth-order valence-corrected chi connectivity index (χ4v) is 2.49. The highest BCUT2D eigenvalue weighted by atomic mass is 16.3. The van der Waals surface area contributed by atoms with Crippen molar-refractivity contribution in [3.05, 3.63) is 59.2 Å². The molecule has 2 nitrogen and oxygen atoms in total. The molecule has 2 N–H and O–H groups in total. The number of benzene rings is 2. The Morgan fingerprint density at radius 2 is 1.77 bits per heavy atom. The fourth-order valence-electron chi connectivity index (χ4n) is 2.49. The summed E-state index contributed by atoms with van der Waals surface area (Å²) >= 11 is 0. The lowest BCUT2D eigenvalue weighted by Gasteiger charge is -2.07. The second-order valence-corrected chi connectivity index (χ2v) is 6.05. The van der Waals surface area contributed by atoms with Gasteiger partial charge in [0.1, 0.15) is 11.5 Å². The lowest BCUT2D eigenvalue weighted by Crippen LogP contribution is -1.87. The molecule has 0 unspecified atom stereocenters. The SMILES string of the molecule is CC(C)=CCCC(C)=CCc1ccc2cc(O)ccc2c1O. The summed E-state index contributed by atoms with van der Waals surface area (Å²) in [5.41, 5.74) is 3.60. The van der Waals surface area contributed by atoms with Crippen molar-refractivity contribution in [2.24, 2.45) is 0 Å². The number of hydrogen-bond donors (Lipinski definition) is 2. The Balaban J connectivity index is 2.13. The number of phenolic OH excluding ortho intramolecular Hbond substituents is 2. The molecule has 2 heteroatoms. The van der Waals surface area contributed by atoms with Crippen molar-refractivity contribution in [2.45, 2.75) is 40.0 Å². The van der Waals surface area contributed by atoms with Gasteiger partial charge < -0.3 is 10.2 Å². The number of allylic oxidation sites excluding steroid dienone is 4. The average molecular weight is 296 g/mol. The normalized spacial score (nSPS) is 11.7. The first kappa shape index (κ1) is 16.2. The molecule has 0 saturated heterocycles. The Kier molecular flexibility index (Phi) is 5.26. The van der Waals surface area contributed by atoms with Crippen LogP contribution in [0.5, 0.6) is 11.5 Å². The Morgan fingerprint density at radius 1 is 1.00 bits per heavy atom. The first-order chi connectivity index (χ1) is 10.5. The number of rotatable bonds is 5. The lowest BCUT2D eigenvalue weighted by atomic mass is 10.0. The summed E-state index contributed by atoms with van der Waals surface area (Å²) in [5, 5.41) is 21.5. The van der Waals surface area contributed by atoms with E-state index < -0.39 is 0 Å². The Bertz CT molecular complexity index is 720. The molecule has 0 atom stereocenters. The lowest BCUT2D eigenvalue weighted by molar-refractivity contribution is 0.473. The number of phenols is 2. The second kappa shape index (κ2) is 7.17. The summed E-state index contributed by atoms with van der Waals surface area (Å²) < 4.78 is 0. The molecular weight excluding hydrogens is 272 g/mol. The Labute approximate surface area is 132 Å². The van der Waals surface area contributed by atoms with E-state index in [-0.39, 0.29) is 5.75 Å². The van der Waals surface area contributed by atoms with Crippen LogP contribution < -0.4 is 0 Å². The van der Waals surface area contributed by atoms with Crippen LogP contribution in [0.1, 0.15) is 39.2 Å². The summed E-state index contributed by atoms with van der Waals surface area (Å²) in [6.07, 6.45) is 7.27. The van der Waals surface area contributed by atoms with Crippen LogP contribution >= 0.6 is 0 Å². The average Bonchev–Trinajstić information content (AvgIpc) is 2.46. The minimum Gasteiger partial charge on any atom is -0.508 e. The van der Waals surface area contributed by atoms with Crippen molar-refractivity contribution in [1.29, 1.82) is 0 Å². The minimum absolute atomic E-state index is 0.217. The highest BCUT2D eigenvalue weighted by molar-refractivity contribution is 5.90. The zero-order valence-corrected chi connectivity index (χ0v) is 13.6. The highest BCUT2D eigenvalue weighted by Gasteiger charge is 2.06. The largest absolute Gasteiger partial charge is 0.508 e. The van der Waals surface area contributed by atoms with E-state index in [0.29, 0.717) is 5.75 Å². The van der Waals surface area contributed by atoms with Gasteiger partial charge in [0.05, 0.1) is 0 Å². The molecule has 116 valence electrons. The third-order valence-corrected chi connectivity index (χ3v) is 3.82. The van der Waals surface area contributed by atoms with Gasteiger partial charge >= 0.3 is 0 Å². The smallest absolute Gasteiger partial charge is 0.126 e. The maximum absolute atomic E-state index is 10.4. The van der Waals surface area contributed by atoms with Crippen LogP contribution in [0.25, 0.3) is 10.8 Å². The molecule has 0 heterocycles. The fraction of sp³-hybridized carbons (Fsp3) is 0.300. The van der Waals surface area contributed by atoms with Gasteiger partial charge in [-0.2, -0.15) is 0 Å². The van der Waals surface area contributed by atoms with E-state index in [2.05, 4.69) is 32.9 Å². The molecule has 0 amide bonds. The van der Waals surface area contributed by atoms with E-state index in [1.54, 1.807) is 18.2 Å². The Morgan fingerprint density at radius 3 is 2.50 bits per heavy atom. The van der Waals surface area contributed by atoms with Gasteiger partial charge in [0.15, 0.2) is 0 Å². The maximum Gasteiger partial charge on any atom is 0.126 e. The molecule has 22 heavy (non-hydrogen) atoms. The van der Waals surface area contributed by atoms with Gasteiger partial charge in [0.2, 0.25) is 0 Å². The molecule has 0 aliphatic rings. The number of fused-ring (bicyclic) bond motifs is 1. The summed E-state index contributed by atoms with van der Waals surface area (Å²) in [4.78, 5) is 0.